The molecule has 0 saturated heterocycles. The van der Waals surface area contributed by atoms with Crippen molar-refractivity contribution in [1.29, 1.82) is 0 Å². The second-order valence-electron chi connectivity index (χ2n) is 13.4. The Kier molecular flexibility index (Phi) is 14.0. The van der Waals surface area contributed by atoms with E-state index in [1.807, 2.05) is 118 Å². The van der Waals surface area contributed by atoms with E-state index in [0.717, 1.165) is 27.9 Å². The molecule has 11 nitrogen and oxygen atoms in total. The summed E-state index contributed by atoms with van der Waals surface area (Å²) in [6.45, 7) is 5.58. The minimum Gasteiger partial charge on any atom is -0.481 e. The Morgan fingerprint density at radius 1 is 0.725 bits per heavy atom. The van der Waals surface area contributed by atoms with E-state index < -0.39 is 47.7 Å². The molecular formula is C40H48N4O7. The van der Waals surface area contributed by atoms with Gasteiger partial charge in [-0.3, -0.25) is 4.79 Å². The lowest BCUT2D eigenvalue weighted by Crippen LogP contribution is -2.56. The Labute approximate surface area is 299 Å². The number of methoxy groups -OCH3 is 2. The normalized spacial score (nSPS) is 13.5. The maximum atomic E-state index is 13.7. The fourth-order valence-corrected chi connectivity index (χ4v) is 5.64. The summed E-state index contributed by atoms with van der Waals surface area (Å²) < 4.78 is 15.6. The van der Waals surface area contributed by atoms with Crippen LogP contribution in [0.3, 0.4) is 0 Å². The lowest BCUT2D eigenvalue weighted by atomic mass is 9.85. The monoisotopic (exact) mass is 696 g/mol. The van der Waals surface area contributed by atoms with Crippen molar-refractivity contribution in [2.24, 2.45) is 5.41 Å². The number of nitrogens with one attached hydrogen (secondary N) is 3. The van der Waals surface area contributed by atoms with Gasteiger partial charge >= 0.3 is 12.2 Å². The molecule has 11 heteroatoms. The van der Waals surface area contributed by atoms with Gasteiger partial charge < -0.3 is 35.3 Å². The molecule has 0 saturated carbocycles. The minimum atomic E-state index is -1.11. The number of hydrogen-bond donors (Lipinski definition) is 4. The number of benzene rings is 3. The number of alkyl carbamates (subject to hydrolysis) is 2. The number of rotatable bonds is 15. The summed E-state index contributed by atoms with van der Waals surface area (Å²) in [7, 11) is 2.80. The van der Waals surface area contributed by atoms with Crippen LogP contribution in [0.5, 0.6) is 5.88 Å². The van der Waals surface area contributed by atoms with Crippen LogP contribution in [0.1, 0.15) is 43.9 Å². The number of amides is 3. The number of ether oxygens (including phenoxy) is 3. The number of carbonyl (C=O) groups excluding carboxylic acids is 3. The number of pyridine rings is 1. The Morgan fingerprint density at radius 3 is 1.96 bits per heavy atom. The Hall–Kier alpha value is -5.42. The van der Waals surface area contributed by atoms with Crippen molar-refractivity contribution in [2.45, 2.75) is 70.9 Å². The molecular weight excluding hydrogens is 648 g/mol. The first-order chi connectivity index (χ1) is 24.4. The van der Waals surface area contributed by atoms with Crippen LogP contribution in [0.4, 0.5) is 9.59 Å². The highest BCUT2D eigenvalue weighted by molar-refractivity contribution is 5.86. The van der Waals surface area contributed by atoms with E-state index in [4.69, 9.17) is 14.2 Å². The largest absolute Gasteiger partial charge is 0.481 e. The van der Waals surface area contributed by atoms with E-state index in [-0.39, 0.29) is 19.4 Å². The molecule has 4 rings (SSSR count). The van der Waals surface area contributed by atoms with Gasteiger partial charge in [0.05, 0.1) is 32.1 Å². The number of hydrogen-bond acceptors (Lipinski definition) is 8. The summed E-state index contributed by atoms with van der Waals surface area (Å²) in [6, 6.07) is 29.9. The van der Waals surface area contributed by atoms with Crippen molar-refractivity contribution in [2.75, 3.05) is 14.2 Å². The summed E-state index contributed by atoms with van der Waals surface area (Å²) in [5, 5.41) is 20.4. The van der Waals surface area contributed by atoms with Crippen LogP contribution in [-0.4, -0.2) is 66.6 Å². The van der Waals surface area contributed by atoms with Gasteiger partial charge in [0.2, 0.25) is 11.8 Å². The number of nitrogens with zero attached hydrogens (tertiary/aromatic N) is 1. The minimum absolute atomic E-state index is 0.0613. The Bertz CT molecular complexity index is 1700. The van der Waals surface area contributed by atoms with Gasteiger partial charge in [-0.1, -0.05) is 112 Å². The number of aromatic nitrogens is 1. The van der Waals surface area contributed by atoms with Gasteiger partial charge in [0.15, 0.2) is 0 Å². The van der Waals surface area contributed by atoms with Crippen LogP contribution in [-0.2, 0) is 33.7 Å². The quantitative estimate of drug-likeness (QED) is 0.121. The van der Waals surface area contributed by atoms with E-state index in [1.54, 1.807) is 13.2 Å². The van der Waals surface area contributed by atoms with Gasteiger partial charge in [-0.05, 0) is 47.4 Å². The molecule has 270 valence electrons. The average Bonchev–Trinajstić information content (AvgIpc) is 3.13. The molecule has 0 aliphatic rings. The van der Waals surface area contributed by atoms with E-state index in [1.165, 1.54) is 7.11 Å². The predicted molar refractivity (Wildman–Crippen MR) is 195 cm³/mol. The first-order valence-electron chi connectivity index (χ1n) is 16.9. The fourth-order valence-electron chi connectivity index (χ4n) is 5.64. The van der Waals surface area contributed by atoms with Crippen molar-refractivity contribution in [3.63, 3.8) is 0 Å². The molecule has 51 heavy (non-hydrogen) atoms. The maximum Gasteiger partial charge on any atom is 0.407 e. The summed E-state index contributed by atoms with van der Waals surface area (Å²) >= 11 is 0. The third-order valence-corrected chi connectivity index (χ3v) is 8.39. The van der Waals surface area contributed by atoms with E-state index in [9.17, 15) is 19.5 Å². The van der Waals surface area contributed by atoms with Gasteiger partial charge in [-0.25, -0.2) is 14.6 Å². The van der Waals surface area contributed by atoms with Crippen molar-refractivity contribution in [3.05, 3.63) is 120 Å². The third kappa shape index (κ3) is 12.1. The van der Waals surface area contributed by atoms with Gasteiger partial charge in [-0.15, -0.1) is 0 Å². The highest BCUT2D eigenvalue weighted by Crippen LogP contribution is 2.23. The molecule has 0 spiro atoms. The molecule has 0 fully saturated rings. The molecule has 1 heterocycles. The zero-order chi connectivity index (χ0) is 36.8. The molecule has 4 N–H and O–H groups in total. The summed E-state index contributed by atoms with van der Waals surface area (Å²) in [6.07, 6.45) is -1.76. The molecule has 0 aliphatic carbocycles. The highest BCUT2D eigenvalue weighted by Gasteiger charge is 2.35. The number of carbonyl (C=O) groups is 3. The van der Waals surface area contributed by atoms with E-state index >= 15 is 0 Å². The second-order valence-corrected chi connectivity index (χ2v) is 13.4. The topological polar surface area (TPSA) is 148 Å². The zero-order valence-corrected chi connectivity index (χ0v) is 29.8. The van der Waals surface area contributed by atoms with E-state index in [2.05, 4.69) is 20.9 Å². The van der Waals surface area contributed by atoms with Gasteiger partial charge in [-0.2, -0.15) is 0 Å². The molecule has 3 aromatic carbocycles. The third-order valence-electron chi connectivity index (χ3n) is 8.39. The summed E-state index contributed by atoms with van der Waals surface area (Å²) in [5.41, 5.74) is 3.60. The fraction of sp³-hybridized carbons (Fsp3) is 0.350. The van der Waals surface area contributed by atoms with Crippen molar-refractivity contribution in [3.8, 4) is 17.1 Å². The molecule has 4 aromatic rings. The van der Waals surface area contributed by atoms with E-state index in [0.29, 0.717) is 12.3 Å². The maximum absolute atomic E-state index is 13.7. The van der Waals surface area contributed by atoms with Crippen molar-refractivity contribution >= 4 is 18.1 Å². The smallest absolute Gasteiger partial charge is 0.407 e. The Balaban J connectivity index is 1.57. The Morgan fingerprint density at radius 2 is 1.35 bits per heavy atom. The SMILES string of the molecule is COC(=O)N[C@H](C(=O)N[C@@H](Cc1ccccc1)C[C@H](O)[C@H](Cc1ccc(-c2cccc(OC)n2)cc1)NC(=O)OCc1ccccc1)C(C)(C)C. The molecule has 0 aliphatic heterocycles. The van der Waals surface area contributed by atoms with Gasteiger partial charge in [0.25, 0.3) is 0 Å². The summed E-state index contributed by atoms with van der Waals surface area (Å²) in [4.78, 5) is 43.5. The van der Waals surface area contributed by atoms with Gasteiger partial charge in [0, 0.05) is 17.7 Å². The summed E-state index contributed by atoms with van der Waals surface area (Å²) in [5.74, 6) is 0.0829. The van der Waals surface area contributed by atoms with Crippen LogP contribution in [0.2, 0.25) is 0 Å². The molecule has 0 unspecified atom stereocenters. The van der Waals surface area contributed by atoms with Crippen LogP contribution in [0.15, 0.2) is 103 Å². The number of aliphatic hydroxyl groups is 1. The molecule has 4 atom stereocenters. The first kappa shape index (κ1) is 38.4. The zero-order valence-electron chi connectivity index (χ0n) is 29.8. The predicted octanol–water partition coefficient (Wildman–Crippen LogP) is 5.84. The number of aliphatic hydroxyl groups excluding tert-OH is 1. The van der Waals surface area contributed by atoms with Crippen LogP contribution in [0.25, 0.3) is 11.3 Å². The average molecular weight is 697 g/mol. The van der Waals surface area contributed by atoms with Crippen molar-refractivity contribution in [1.82, 2.24) is 20.9 Å². The second kappa shape index (κ2) is 18.5. The van der Waals surface area contributed by atoms with Crippen LogP contribution in [0, 0.1) is 5.41 Å². The first-order valence-corrected chi connectivity index (χ1v) is 16.9. The molecule has 0 bridgehead atoms. The van der Waals surface area contributed by atoms with Crippen LogP contribution >= 0.6 is 0 Å². The lowest BCUT2D eigenvalue weighted by molar-refractivity contribution is -0.126. The molecule has 3 amide bonds. The van der Waals surface area contributed by atoms with Crippen molar-refractivity contribution < 1.29 is 33.7 Å². The standard InChI is InChI=1S/C40H48N4O7/c1-40(2,3)36(44-38(47)50-5)37(46)41-31(23-27-13-8-6-9-14-27)25-34(45)33(43-39(48)51-26-29-15-10-7-11-16-29)24-28-19-21-30(22-20-28)32-17-12-18-35(42-32)49-4/h6-22,31,33-34,36,45H,23-26H2,1-5H3,(H,41,46)(H,43,48)(H,44,47)/t31-,33-,34-,36+/m0/s1. The highest BCUT2D eigenvalue weighted by atomic mass is 16.5. The van der Waals surface area contributed by atoms with Crippen LogP contribution < -0.4 is 20.7 Å². The van der Waals surface area contributed by atoms with Gasteiger partial charge in [0.1, 0.15) is 12.6 Å². The molecule has 1 aromatic heterocycles. The molecule has 0 radical (unpaired) electrons. The lowest BCUT2D eigenvalue weighted by Gasteiger charge is -2.33.